The molecule has 1 aliphatic heterocycles. The molecule has 18 heavy (non-hydrogen) atoms. The van der Waals surface area contributed by atoms with Crippen LogP contribution in [0.5, 0.6) is 0 Å². The highest BCUT2D eigenvalue weighted by atomic mass is 16.6. The van der Waals surface area contributed by atoms with Gasteiger partial charge < -0.3 is 15.0 Å². The molecule has 96 valence electrons. The lowest BCUT2D eigenvalue weighted by molar-refractivity contribution is 0.0994. The maximum atomic E-state index is 11.8. The van der Waals surface area contributed by atoms with Crippen molar-refractivity contribution in [3.8, 4) is 0 Å². The zero-order valence-corrected chi connectivity index (χ0v) is 10.3. The summed E-state index contributed by atoms with van der Waals surface area (Å²) < 4.78 is 5.06. The molecule has 4 heteroatoms. The van der Waals surface area contributed by atoms with Crippen molar-refractivity contribution in [2.24, 2.45) is 0 Å². The Morgan fingerprint density at radius 2 is 2.28 bits per heavy atom. The van der Waals surface area contributed by atoms with Crippen LogP contribution in [-0.4, -0.2) is 37.2 Å². The van der Waals surface area contributed by atoms with Gasteiger partial charge >= 0.3 is 6.09 Å². The van der Waals surface area contributed by atoms with Gasteiger partial charge in [-0.05, 0) is 5.56 Å². The zero-order valence-electron chi connectivity index (χ0n) is 10.3. The second kappa shape index (κ2) is 6.21. The highest BCUT2D eigenvalue weighted by Crippen LogP contribution is 2.17. The van der Waals surface area contributed by atoms with Crippen molar-refractivity contribution in [3.05, 3.63) is 48.6 Å². The first-order valence-corrected chi connectivity index (χ1v) is 6.12. The SMILES string of the molecule is C=CCOC(=O)N1CCNC(c2ccccc2)C1. The normalized spacial score (nSPS) is 19.3. The summed E-state index contributed by atoms with van der Waals surface area (Å²) in [6, 6.07) is 10.3. The quantitative estimate of drug-likeness (QED) is 0.829. The van der Waals surface area contributed by atoms with Crippen LogP contribution in [0.4, 0.5) is 4.79 Å². The van der Waals surface area contributed by atoms with Gasteiger partial charge in [0.2, 0.25) is 0 Å². The van der Waals surface area contributed by atoms with E-state index in [-0.39, 0.29) is 18.7 Å². The van der Waals surface area contributed by atoms with Gasteiger partial charge in [-0.25, -0.2) is 4.79 Å². The first-order valence-electron chi connectivity index (χ1n) is 6.12. The van der Waals surface area contributed by atoms with Crippen LogP contribution < -0.4 is 5.32 Å². The van der Waals surface area contributed by atoms with Gasteiger partial charge in [0.25, 0.3) is 0 Å². The van der Waals surface area contributed by atoms with Crippen LogP contribution in [0.2, 0.25) is 0 Å². The van der Waals surface area contributed by atoms with Crippen LogP contribution in [0.3, 0.4) is 0 Å². The number of nitrogens with one attached hydrogen (secondary N) is 1. The summed E-state index contributed by atoms with van der Waals surface area (Å²) in [6.07, 6.45) is 1.31. The first kappa shape index (κ1) is 12.6. The molecule has 1 heterocycles. The fourth-order valence-corrected chi connectivity index (χ4v) is 2.05. The Balaban J connectivity index is 1.96. The first-order chi connectivity index (χ1) is 8.81. The predicted octanol–water partition coefficient (Wildman–Crippen LogP) is 1.96. The Morgan fingerprint density at radius 1 is 1.50 bits per heavy atom. The molecule has 0 saturated carbocycles. The summed E-state index contributed by atoms with van der Waals surface area (Å²) >= 11 is 0. The van der Waals surface area contributed by atoms with E-state index in [0.717, 1.165) is 6.54 Å². The number of amides is 1. The number of piperazine rings is 1. The Labute approximate surface area is 107 Å². The van der Waals surface area contributed by atoms with Crippen molar-refractivity contribution >= 4 is 6.09 Å². The highest BCUT2D eigenvalue weighted by Gasteiger charge is 2.24. The topological polar surface area (TPSA) is 41.6 Å². The van der Waals surface area contributed by atoms with Crippen LogP contribution in [0, 0.1) is 0 Å². The van der Waals surface area contributed by atoms with Crippen LogP contribution in [0.15, 0.2) is 43.0 Å². The number of rotatable bonds is 3. The molecule has 0 aliphatic carbocycles. The molecule has 1 aromatic rings. The van der Waals surface area contributed by atoms with Gasteiger partial charge in [0, 0.05) is 19.6 Å². The second-order valence-electron chi connectivity index (χ2n) is 4.23. The maximum absolute atomic E-state index is 11.8. The third-order valence-electron chi connectivity index (χ3n) is 2.96. The van der Waals surface area contributed by atoms with Gasteiger partial charge in [0.1, 0.15) is 6.61 Å². The van der Waals surface area contributed by atoms with Crippen LogP contribution >= 0.6 is 0 Å². The number of hydrogen-bond donors (Lipinski definition) is 1. The lowest BCUT2D eigenvalue weighted by Gasteiger charge is -2.33. The number of carbonyl (C=O) groups is 1. The maximum Gasteiger partial charge on any atom is 0.410 e. The fourth-order valence-electron chi connectivity index (χ4n) is 2.05. The lowest BCUT2D eigenvalue weighted by Crippen LogP contribution is -2.48. The standard InChI is InChI=1S/C14H18N2O2/c1-2-10-18-14(17)16-9-8-15-13(11-16)12-6-4-3-5-7-12/h2-7,13,15H,1,8-11H2. The number of nitrogens with zero attached hydrogens (tertiary/aromatic N) is 1. The molecule has 1 amide bonds. The van der Waals surface area contributed by atoms with E-state index in [0.29, 0.717) is 13.1 Å². The van der Waals surface area contributed by atoms with E-state index in [4.69, 9.17) is 4.74 Å². The van der Waals surface area contributed by atoms with Gasteiger partial charge in [0.05, 0.1) is 6.04 Å². The number of carbonyl (C=O) groups excluding carboxylic acids is 1. The third-order valence-corrected chi connectivity index (χ3v) is 2.96. The van der Waals surface area contributed by atoms with Crippen molar-refractivity contribution in [2.75, 3.05) is 26.2 Å². The van der Waals surface area contributed by atoms with Gasteiger partial charge in [0.15, 0.2) is 0 Å². The molecular weight excluding hydrogens is 228 g/mol. The van der Waals surface area contributed by atoms with Crippen LogP contribution in [0.1, 0.15) is 11.6 Å². The fraction of sp³-hybridized carbons (Fsp3) is 0.357. The monoisotopic (exact) mass is 246 g/mol. The molecule has 1 atom stereocenters. The minimum Gasteiger partial charge on any atom is -0.445 e. The molecule has 1 aliphatic rings. The van der Waals surface area contributed by atoms with E-state index in [9.17, 15) is 4.79 Å². The van der Waals surface area contributed by atoms with Crippen molar-refractivity contribution in [1.29, 1.82) is 0 Å². The minimum atomic E-state index is -0.266. The summed E-state index contributed by atoms with van der Waals surface area (Å²) in [7, 11) is 0. The highest BCUT2D eigenvalue weighted by molar-refractivity contribution is 5.68. The Hall–Kier alpha value is -1.81. The number of ether oxygens (including phenoxy) is 1. The molecule has 0 aromatic heterocycles. The van der Waals surface area contributed by atoms with E-state index in [1.54, 1.807) is 11.0 Å². The minimum absolute atomic E-state index is 0.177. The van der Waals surface area contributed by atoms with Crippen molar-refractivity contribution in [2.45, 2.75) is 6.04 Å². The van der Waals surface area contributed by atoms with Crippen LogP contribution in [-0.2, 0) is 4.74 Å². The molecule has 4 nitrogen and oxygen atoms in total. The van der Waals surface area contributed by atoms with E-state index in [1.165, 1.54) is 5.56 Å². The third kappa shape index (κ3) is 3.11. The number of hydrogen-bond acceptors (Lipinski definition) is 3. The molecule has 1 unspecified atom stereocenters. The summed E-state index contributed by atoms with van der Waals surface area (Å²) in [5.74, 6) is 0. The van der Waals surface area contributed by atoms with E-state index in [2.05, 4.69) is 24.0 Å². The van der Waals surface area contributed by atoms with Crippen molar-refractivity contribution in [1.82, 2.24) is 10.2 Å². The van der Waals surface area contributed by atoms with Crippen molar-refractivity contribution in [3.63, 3.8) is 0 Å². The Kier molecular flexibility index (Phi) is 4.36. The molecule has 2 rings (SSSR count). The summed E-state index contributed by atoms with van der Waals surface area (Å²) in [5, 5.41) is 3.41. The molecular formula is C14H18N2O2. The molecule has 1 fully saturated rings. The Morgan fingerprint density at radius 3 is 3.00 bits per heavy atom. The summed E-state index contributed by atoms with van der Waals surface area (Å²) in [4.78, 5) is 13.5. The largest absolute Gasteiger partial charge is 0.445 e. The van der Waals surface area contributed by atoms with Crippen LogP contribution in [0.25, 0.3) is 0 Å². The van der Waals surface area contributed by atoms with Gasteiger partial charge in [-0.3, -0.25) is 0 Å². The molecule has 1 aromatic carbocycles. The molecule has 0 radical (unpaired) electrons. The van der Waals surface area contributed by atoms with E-state index >= 15 is 0 Å². The smallest absolute Gasteiger partial charge is 0.410 e. The molecule has 0 spiro atoms. The van der Waals surface area contributed by atoms with Gasteiger partial charge in [-0.2, -0.15) is 0 Å². The van der Waals surface area contributed by atoms with Crippen molar-refractivity contribution < 1.29 is 9.53 Å². The predicted molar refractivity (Wildman–Crippen MR) is 70.3 cm³/mol. The Bertz CT molecular complexity index is 406. The molecule has 1 N–H and O–H groups in total. The summed E-state index contributed by atoms with van der Waals surface area (Å²) in [6.45, 7) is 5.89. The second-order valence-corrected chi connectivity index (χ2v) is 4.23. The average molecular weight is 246 g/mol. The van der Waals surface area contributed by atoms with E-state index < -0.39 is 0 Å². The number of benzene rings is 1. The average Bonchev–Trinajstić information content (AvgIpc) is 2.46. The van der Waals surface area contributed by atoms with Gasteiger partial charge in [-0.15, -0.1) is 0 Å². The summed E-state index contributed by atoms with van der Waals surface area (Å²) in [5.41, 5.74) is 1.19. The zero-order chi connectivity index (χ0) is 12.8. The van der Waals surface area contributed by atoms with Gasteiger partial charge in [-0.1, -0.05) is 43.0 Å². The molecule has 1 saturated heterocycles. The lowest BCUT2D eigenvalue weighted by atomic mass is 10.1. The van der Waals surface area contributed by atoms with E-state index in [1.807, 2.05) is 18.2 Å². The molecule has 0 bridgehead atoms.